The fourth-order valence-electron chi connectivity index (χ4n) is 2.66. The number of nitrogens with zero attached hydrogens (tertiary/aromatic N) is 2. The van der Waals surface area contributed by atoms with Gasteiger partial charge in [0.15, 0.2) is 5.11 Å². The second kappa shape index (κ2) is 5.89. The van der Waals surface area contributed by atoms with Crippen LogP contribution in [-0.4, -0.2) is 21.5 Å². The smallest absolute Gasteiger partial charge is 0.170 e. The number of nitrogens with one attached hydrogen (secondary N) is 1. The Labute approximate surface area is 128 Å². The molecule has 1 aliphatic rings. The van der Waals surface area contributed by atoms with Crippen molar-refractivity contribution >= 4 is 28.7 Å². The Balaban J connectivity index is 1.99. The summed E-state index contributed by atoms with van der Waals surface area (Å²) in [5.41, 5.74) is 1.05. The van der Waals surface area contributed by atoms with Gasteiger partial charge in [-0.3, -0.25) is 4.98 Å². The third-order valence-corrected chi connectivity index (χ3v) is 4.79. The van der Waals surface area contributed by atoms with Crippen LogP contribution in [0.2, 0.25) is 0 Å². The lowest BCUT2D eigenvalue weighted by Gasteiger charge is -2.26. The van der Waals surface area contributed by atoms with Crippen LogP contribution in [0.5, 0.6) is 0 Å². The van der Waals surface area contributed by atoms with Crippen LogP contribution in [0.25, 0.3) is 0 Å². The van der Waals surface area contributed by atoms with Gasteiger partial charge in [-0.1, -0.05) is 19.1 Å². The molecular weight excluding hydrogens is 286 g/mol. The van der Waals surface area contributed by atoms with Crippen LogP contribution in [0.4, 0.5) is 0 Å². The molecule has 0 bridgehead atoms. The minimum Gasteiger partial charge on any atom is -0.352 e. The molecule has 1 saturated heterocycles. The fraction of sp³-hybridized carbons (Fsp3) is 0.333. The molecule has 0 aliphatic carbocycles. The first kappa shape index (κ1) is 13.5. The fourth-order valence-corrected chi connectivity index (χ4v) is 3.86. The minimum atomic E-state index is 0.133. The SMILES string of the molecule is CCCN1C(=S)N[C@@H](c2ccccn2)[C@@H]1c1cccs1. The molecule has 2 aromatic heterocycles. The first-order valence-corrected chi connectivity index (χ1v) is 8.11. The van der Waals surface area contributed by atoms with Gasteiger partial charge in [-0.05, 0) is 42.2 Å². The van der Waals surface area contributed by atoms with Crippen LogP contribution in [-0.2, 0) is 0 Å². The van der Waals surface area contributed by atoms with E-state index >= 15 is 0 Å². The van der Waals surface area contributed by atoms with Gasteiger partial charge in [0.05, 0.1) is 17.8 Å². The number of aromatic nitrogens is 1. The maximum atomic E-state index is 5.53. The molecule has 20 heavy (non-hydrogen) atoms. The largest absolute Gasteiger partial charge is 0.352 e. The van der Waals surface area contributed by atoms with Gasteiger partial charge in [-0.2, -0.15) is 0 Å². The van der Waals surface area contributed by atoms with E-state index in [9.17, 15) is 0 Å². The zero-order valence-electron chi connectivity index (χ0n) is 11.3. The summed E-state index contributed by atoms with van der Waals surface area (Å²) in [5, 5.41) is 6.40. The van der Waals surface area contributed by atoms with Crippen molar-refractivity contribution in [1.29, 1.82) is 0 Å². The van der Waals surface area contributed by atoms with E-state index in [1.54, 1.807) is 11.3 Å². The quantitative estimate of drug-likeness (QED) is 0.875. The maximum Gasteiger partial charge on any atom is 0.170 e. The van der Waals surface area contributed by atoms with Crippen molar-refractivity contribution in [3.63, 3.8) is 0 Å². The van der Waals surface area contributed by atoms with E-state index in [4.69, 9.17) is 12.2 Å². The third-order valence-electron chi connectivity index (χ3n) is 3.50. The van der Waals surface area contributed by atoms with Crippen LogP contribution < -0.4 is 5.32 Å². The molecule has 0 amide bonds. The number of pyridine rings is 1. The zero-order chi connectivity index (χ0) is 13.9. The predicted octanol–water partition coefficient (Wildman–Crippen LogP) is 3.53. The van der Waals surface area contributed by atoms with E-state index in [0.29, 0.717) is 0 Å². The molecular formula is C15H17N3S2. The highest BCUT2D eigenvalue weighted by atomic mass is 32.1. The second-order valence-electron chi connectivity index (χ2n) is 4.84. The molecule has 104 valence electrons. The van der Waals surface area contributed by atoms with Crippen molar-refractivity contribution in [3.05, 3.63) is 52.5 Å². The summed E-state index contributed by atoms with van der Waals surface area (Å²) in [5.74, 6) is 0. The predicted molar refractivity (Wildman–Crippen MR) is 86.8 cm³/mol. The van der Waals surface area contributed by atoms with Crippen molar-refractivity contribution in [2.24, 2.45) is 0 Å². The highest BCUT2D eigenvalue weighted by Crippen LogP contribution is 2.40. The number of thiophene rings is 1. The third kappa shape index (κ3) is 2.43. The Hall–Kier alpha value is -1.46. The van der Waals surface area contributed by atoms with Gasteiger partial charge in [0.2, 0.25) is 0 Å². The van der Waals surface area contributed by atoms with E-state index in [-0.39, 0.29) is 12.1 Å². The first-order chi connectivity index (χ1) is 9.81. The van der Waals surface area contributed by atoms with E-state index in [1.165, 1.54) is 4.88 Å². The van der Waals surface area contributed by atoms with Crippen LogP contribution >= 0.6 is 23.6 Å². The lowest BCUT2D eigenvalue weighted by molar-refractivity contribution is 0.322. The highest BCUT2D eigenvalue weighted by Gasteiger charge is 2.39. The molecule has 2 atom stereocenters. The van der Waals surface area contributed by atoms with Crippen molar-refractivity contribution in [2.75, 3.05) is 6.54 Å². The Morgan fingerprint density at radius 2 is 2.25 bits per heavy atom. The van der Waals surface area contributed by atoms with Crippen LogP contribution in [0.3, 0.4) is 0 Å². The summed E-state index contributed by atoms with van der Waals surface area (Å²) < 4.78 is 0. The molecule has 5 heteroatoms. The molecule has 2 aromatic rings. The summed E-state index contributed by atoms with van der Waals surface area (Å²) in [7, 11) is 0. The second-order valence-corrected chi connectivity index (χ2v) is 6.20. The Bertz CT molecular complexity index is 568. The van der Waals surface area contributed by atoms with Crippen LogP contribution in [0, 0.1) is 0 Å². The zero-order valence-corrected chi connectivity index (χ0v) is 13.0. The van der Waals surface area contributed by atoms with Crippen molar-refractivity contribution in [3.8, 4) is 0 Å². The Morgan fingerprint density at radius 3 is 2.90 bits per heavy atom. The molecule has 0 unspecified atom stereocenters. The molecule has 0 saturated carbocycles. The molecule has 3 nitrogen and oxygen atoms in total. The van der Waals surface area contributed by atoms with E-state index in [1.807, 2.05) is 18.3 Å². The van der Waals surface area contributed by atoms with E-state index in [2.05, 4.69) is 45.7 Å². The molecule has 0 radical (unpaired) electrons. The monoisotopic (exact) mass is 303 g/mol. The van der Waals surface area contributed by atoms with Gasteiger partial charge >= 0.3 is 0 Å². The summed E-state index contributed by atoms with van der Waals surface area (Å²) >= 11 is 7.31. The summed E-state index contributed by atoms with van der Waals surface area (Å²) in [6.07, 6.45) is 2.92. The van der Waals surface area contributed by atoms with Crippen molar-refractivity contribution in [1.82, 2.24) is 15.2 Å². The van der Waals surface area contributed by atoms with Gasteiger partial charge < -0.3 is 10.2 Å². The molecule has 3 heterocycles. The van der Waals surface area contributed by atoms with Crippen molar-refractivity contribution in [2.45, 2.75) is 25.4 Å². The van der Waals surface area contributed by atoms with Gasteiger partial charge in [-0.25, -0.2) is 0 Å². The van der Waals surface area contributed by atoms with Gasteiger partial charge in [0.25, 0.3) is 0 Å². The maximum absolute atomic E-state index is 5.53. The standard InChI is InChI=1S/C15H17N3S2/c1-2-9-18-14(12-7-5-10-20-12)13(17-15(18)19)11-6-3-4-8-16-11/h3-8,10,13-14H,2,9H2,1H3,(H,17,19)/t13-,14-/m0/s1. The first-order valence-electron chi connectivity index (χ1n) is 6.82. The molecule has 0 aromatic carbocycles. The molecule has 0 spiro atoms. The average molecular weight is 303 g/mol. The van der Waals surface area contributed by atoms with Gasteiger partial charge in [0, 0.05) is 17.6 Å². The summed E-state index contributed by atoms with van der Waals surface area (Å²) in [6.45, 7) is 3.15. The Morgan fingerprint density at radius 1 is 1.35 bits per heavy atom. The van der Waals surface area contributed by atoms with Crippen molar-refractivity contribution < 1.29 is 0 Å². The lowest BCUT2D eigenvalue weighted by Crippen LogP contribution is -2.29. The molecule has 1 aliphatic heterocycles. The Kier molecular flexibility index (Phi) is 3.98. The molecule has 1 fully saturated rings. The average Bonchev–Trinajstić information content (AvgIpc) is 3.09. The van der Waals surface area contributed by atoms with E-state index in [0.717, 1.165) is 23.8 Å². The number of thiocarbonyl (C=S) groups is 1. The number of rotatable bonds is 4. The van der Waals surface area contributed by atoms with Crippen LogP contribution in [0.1, 0.15) is 36.0 Å². The topological polar surface area (TPSA) is 28.2 Å². The summed E-state index contributed by atoms with van der Waals surface area (Å²) in [4.78, 5) is 8.13. The molecule has 3 rings (SSSR count). The summed E-state index contributed by atoms with van der Waals surface area (Å²) in [6, 6.07) is 10.7. The highest BCUT2D eigenvalue weighted by molar-refractivity contribution is 7.80. The van der Waals surface area contributed by atoms with Crippen LogP contribution in [0.15, 0.2) is 41.9 Å². The number of hydrogen-bond acceptors (Lipinski definition) is 3. The number of hydrogen-bond donors (Lipinski definition) is 1. The van der Waals surface area contributed by atoms with Gasteiger partial charge in [-0.15, -0.1) is 11.3 Å². The normalized spacial score (nSPS) is 22.1. The van der Waals surface area contributed by atoms with Gasteiger partial charge in [0.1, 0.15) is 0 Å². The lowest BCUT2D eigenvalue weighted by atomic mass is 10.0. The van der Waals surface area contributed by atoms with E-state index < -0.39 is 0 Å². The molecule has 1 N–H and O–H groups in total. The minimum absolute atomic E-state index is 0.133.